The topological polar surface area (TPSA) is 0 Å². The Kier molecular flexibility index (Phi) is 2.71. The van der Waals surface area contributed by atoms with Gasteiger partial charge in [0.1, 0.15) is 0 Å². The van der Waals surface area contributed by atoms with E-state index in [2.05, 4.69) is 48.0 Å². The van der Waals surface area contributed by atoms with Crippen molar-refractivity contribution in [3.63, 3.8) is 0 Å². The number of rotatable bonds is 2. The normalized spacial score (nSPS) is 10.2. The predicted octanol–water partition coefficient (Wildman–Crippen LogP) is 4.14. The summed E-state index contributed by atoms with van der Waals surface area (Å²) < 4.78 is 1.39. The maximum Gasteiger partial charge on any atom is 0.0674 e. The van der Waals surface area contributed by atoms with Crippen molar-refractivity contribution in [1.82, 2.24) is 0 Å². The van der Waals surface area contributed by atoms with E-state index < -0.39 is 0 Å². The van der Waals surface area contributed by atoms with Crippen LogP contribution in [0.2, 0.25) is 0 Å². The van der Waals surface area contributed by atoms with Crippen molar-refractivity contribution in [2.45, 2.75) is 4.21 Å². The molecule has 0 amide bonds. The van der Waals surface area contributed by atoms with E-state index in [1.165, 1.54) is 15.3 Å². The average molecular weight is 206 g/mol. The Bertz CT molecular complexity index is 376. The van der Waals surface area contributed by atoms with Crippen LogP contribution < -0.4 is 0 Å². The molecule has 0 aliphatic carbocycles. The molecule has 1 aromatic heterocycles. The lowest BCUT2D eigenvalue weighted by Crippen LogP contribution is -1.73. The van der Waals surface area contributed by atoms with Gasteiger partial charge in [-0.1, -0.05) is 30.3 Å². The van der Waals surface area contributed by atoms with E-state index in [-0.39, 0.29) is 0 Å². The molecule has 0 unspecified atom stereocenters. The van der Waals surface area contributed by atoms with E-state index in [1.807, 2.05) is 23.1 Å². The molecule has 0 nitrogen and oxygen atoms in total. The van der Waals surface area contributed by atoms with Gasteiger partial charge in [0.25, 0.3) is 0 Å². The zero-order valence-electron chi connectivity index (χ0n) is 7.36. The Morgan fingerprint density at radius 3 is 2.54 bits per heavy atom. The summed E-state index contributed by atoms with van der Waals surface area (Å²) >= 11 is 3.62. The molecule has 0 bridgehead atoms. The first-order chi connectivity index (χ1) is 6.42. The number of hydrogen-bond donors (Lipinski definition) is 0. The van der Waals surface area contributed by atoms with E-state index in [0.29, 0.717) is 0 Å². The highest BCUT2D eigenvalue weighted by Gasteiger charge is 2.03. The highest BCUT2D eigenvalue weighted by molar-refractivity contribution is 8.00. The molecule has 13 heavy (non-hydrogen) atoms. The van der Waals surface area contributed by atoms with Gasteiger partial charge in [0, 0.05) is 5.56 Å². The lowest BCUT2D eigenvalue weighted by atomic mass is 10.1. The van der Waals surface area contributed by atoms with Crippen LogP contribution in [0.5, 0.6) is 0 Å². The molecule has 0 atom stereocenters. The molecule has 0 fully saturated rings. The van der Waals surface area contributed by atoms with E-state index in [1.54, 1.807) is 0 Å². The van der Waals surface area contributed by atoms with Crippen LogP contribution in [0.4, 0.5) is 0 Å². The number of hydrogen-bond acceptors (Lipinski definition) is 2. The lowest BCUT2D eigenvalue weighted by molar-refractivity contribution is 1.61. The monoisotopic (exact) mass is 206 g/mol. The van der Waals surface area contributed by atoms with Gasteiger partial charge in [-0.2, -0.15) is 0 Å². The molecule has 0 radical (unpaired) electrons. The average Bonchev–Trinajstić information content (AvgIpc) is 2.67. The molecular formula is C11H10S2. The van der Waals surface area contributed by atoms with Gasteiger partial charge >= 0.3 is 0 Å². The van der Waals surface area contributed by atoms with Gasteiger partial charge in [-0.25, -0.2) is 0 Å². The van der Waals surface area contributed by atoms with Gasteiger partial charge in [-0.3, -0.25) is 0 Å². The van der Waals surface area contributed by atoms with Gasteiger partial charge in [-0.05, 0) is 23.3 Å². The van der Waals surface area contributed by atoms with Crippen LogP contribution in [0.1, 0.15) is 0 Å². The highest BCUT2D eigenvalue weighted by Crippen LogP contribution is 2.34. The molecule has 0 saturated heterocycles. The molecular weight excluding hydrogens is 196 g/mol. The van der Waals surface area contributed by atoms with E-state index >= 15 is 0 Å². The van der Waals surface area contributed by atoms with Crippen molar-refractivity contribution in [2.24, 2.45) is 0 Å². The van der Waals surface area contributed by atoms with Crippen molar-refractivity contribution in [3.05, 3.63) is 41.8 Å². The molecule has 2 heteroatoms. The van der Waals surface area contributed by atoms with Gasteiger partial charge in [0.2, 0.25) is 0 Å². The highest BCUT2D eigenvalue weighted by atomic mass is 32.2. The van der Waals surface area contributed by atoms with E-state index in [9.17, 15) is 0 Å². The number of benzene rings is 1. The maximum atomic E-state index is 2.19. The summed E-state index contributed by atoms with van der Waals surface area (Å²) in [5.74, 6) is 0. The molecule has 1 aromatic carbocycles. The van der Waals surface area contributed by atoms with Crippen molar-refractivity contribution in [1.29, 1.82) is 0 Å². The second-order valence-electron chi connectivity index (χ2n) is 2.69. The molecule has 0 saturated carbocycles. The van der Waals surface area contributed by atoms with Gasteiger partial charge < -0.3 is 0 Å². The lowest BCUT2D eigenvalue weighted by Gasteiger charge is -1.99. The summed E-state index contributed by atoms with van der Waals surface area (Å²) in [4.78, 5) is 0. The van der Waals surface area contributed by atoms with Crippen LogP contribution in [0, 0.1) is 0 Å². The van der Waals surface area contributed by atoms with Gasteiger partial charge in [0.05, 0.1) is 4.21 Å². The zero-order chi connectivity index (χ0) is 9.10. The minimum absolute atomic E-state index is 1.31. The van der Waals surface area contributed by atoms with Crippen LogP contribution >= 0.6 is 23.1 Å². The third kappa shape index (κ3) is 1.79. The summed E-state index contributed by atoms with van der Waals surface area (Å²) in [5.41, 5.74) is 2.67. The largest absolute Gasteiger partial charge is 0.137 e. The van der Waals surface area contributed by atoms with Crippen molar-refractivity contribution in [2.75, 3.05) is 6.26 Å². The Balaban J connectivity index is 2.47. The molecule has 1 heterocycles. The van der Waals surface area contributed by atoms with Crippen LogP contribution in [0.3, 0.4) is 0 Å². The van der Waals surface area contributed by atoms with Crippen molar-refractivity contribution < 1.29 is 0 Å². The molecule has 0 N–H and O–H groups in total. The Labute approximate surface area is 86.6 Å². The molecule has 0 spiro atoms. The van der Waals surface area contributed by atoms with Crippen LogP contribution in [0.15, 0.2) is 46.0 Å². The summed E-state index contributed by atoms with van der Waals surface area (Å²) in [6.07, 6.45) is 2.12. The fraction of sp³-hybridized carbons (Fsp3) is 0.0909. The fourth-order valence-corrected chi connectivity index (χ4v) is 2.88. The number of thioether (sulfide) groups is 1. The minimum atomic E-state index is 1.31. The van der Waals surface area contributed by atoms with Gasteiger partial charge in [0.15, 0.2) is 0 Å². The second-order valence-corrected chi connectivity index (χ2v) is 4.68. The summed E-state index contributed by atoms with van der Waals surface area (Å²) in [7, 11) is 0. The fourth-order valence-electron chi connectivity index (χ4n) is 1.29. The van der Waals surface area contributed by atoms with E-state index in [0.717, 1.165) is 0 Å². The maximum absolute atomic E-state index is 2.19. The second kappa shape index (κ2) is 3.99. The van der Waals surface area contributed by atoms with Crippen LogP contribution in [-0.4, -0.2) is 6.26 Å². The molecule has 0 aliphatic heterocycles. The first-order valence-electron chi connectivity index (χ1n) is 4.08. The zero-order valence-corrected chi connectivity index (χ0v) is 8.99. The molecule has 2 rings (SSSR count). The molecule has 2 aromatic rings. The van der Waals surface area contributed by atoms with Crippen LogP contribution in [-0.2, 0) is 0 Å². The van der Waals surface area contributed by atoms with Crippen molar-refractivity contribution in [3.8, 4) is 11.1 Å². The third-order valence-electron chi connectivity index (χ3n) is 1.90. The smallest absolute Gasteiger partial charge is 0.0674 e. The predicted molar refractivity (Wildman–Crippen MR) is 61.5 cm³/mol. The minimum Gasteiger partial charge on any atom is -0.137 e. The standard InChI is InChI=1S/C11H10S2/c1-12-11-10(7-8-13-11)9-5-3-2-4-6-9/h2-8H,1H3. The first-order valence-corrected chi connectivity index (χ1v) is 6.19. The SMILES string of the molecule is CSc1sccc1-c1ccccc1. The Hall–Kier alpha value is -0.730. The van der Waals surface area contributed by atoms with Gasteiger partial charge in [-0.15, -0.1) is 23.1 Å². The molecule has 0 aliphatic rings. The quantitative estimate of drug-likeness (QED) is 0.665. The summed E-state index contributed by atoms with van der Waals surface area (Å²) in [6, 6.07) is 12.7. The Morgan fingerprint density at radius 2 is 1.85 bits per heavy atom. The summed E-state index contributed by atoms with van der Waals surface area (Å²) in [5, 5.41) is 2.15. The Morgan fingerprint density at radius 1 is 1.08 bits per heavy atom. The van der Waals surface area contributed by atoms with E-state index in [4.69, 9.17) is 0 Å². The number of thiophene rings is 1. The van der Waals surface area contributed by atoms with Crippen LogP contribution in [0.25, 0.3) is 11.1 Å². The summed E-state index contributed by atoms with van der Waals surface area (Å²) in [6.45, 7) is 0. The third-order valence-corrected chi connectivity index (χ3v) is 3.99. The molecule has 66 valence electrons. The van der Waals surface area contributed by atoms with Crippen molar-refractivity contribution >= 4 is 23.1 Å². The first kappa shape index (κ1) is 8.85.